The van der Waals surface area contributed by atoms with Gasteiger partial charge in [-0.1, -0.05) is 20.8 Å². The molecule has 3 heteroatoms. The molecule has 0 saturated carbocycles. The predicted molar refractivity (Wildman–Crippen MR) is 47.5 cm³/mol. The first-order chi connectivity index (χ1) is 4.58. The Bertz CT molecular complexity index is 89.6. The van der Waals surface area contributed by atoms with Gasteiger partial charge in [0, 0.05) is 6.42 Å². The minimum atomic E-state index is -1.38. The van der Waals surface area contributed by atoms with E-state index in [1.54, 1.807) is 6.92 Å². The van der Waals surface area contributed by atoms with E-state index in [4.69, 9.17) is 0 Å². The largest absolute Gasteiger partial charge is 0.359 e. The van der Waals surface area contributed by atoms with Crippen LogP contribution < -0.4 is 0 Å². The van der Waals surface area contributed by atoms with E-state index in [9.17, 15) is 10.2 Å². The summed E-state index contributed by atoms with van der Waals surface area (Å²) in [6.45, 7) is 5.82. The summed E-state index contributed by atoms with van der Waals surface area (Å²) in [5, 5.41) is 17.4. The Kier molecular flexibility index (Phi) is 4.32. The quantitative estimate of drug-likeness (QED) is 0.432. The molecule has 2 nitrogen and oxygen atoms in total. The number of rotatable bonds is 4. The van der Waals surface area contributed by atoms with Crippen molar-refractivity contribution in [1.29, 1.82) is 0 Å². The average molecular weight is 166 g/mol. The molecule has 0 aromatic carbocycles. The van der Waals surface area contributed by atoms with Crippen LogP contribution in [0.4, 0.5) is 0 Å². The number of thiol groups is 1. The fourth-order valence-electron chi connectivity index (χ4n) is 0.954. The molecule has 0 heterocycles. The van der Waals surface area contributed by atoms with E-state index < -0.39 is 16.0 Å². The first kappa shape index (κ1) is 10.3. The van der Waals surface area contributed by atoms with Crippen LogP contribution >= 0.6 is 10.9 Å². The number of hydrogen-bond acceptors (Lipinski definition) is 2. The SMILES string of the molecule is CC[SH](CC)C(O)(O)CC. The van der Waals surface area contributed by atoms with Gasteiger partial charge >= 0.3 is 0 Å². The van der Waals surface area contributed by atoms with Crippen molar-refractivity contribution in [2.45, 2.75) is 32.3 Å². The Morgan fingerprint density at radius 1 is 1.10 bits per heavy atom. The maximum atomic E-state index is 9.37. The molecule has 0 radical (unpaired) electrons. The van der Waals surface area contributed by atoms with Gasteiger partial charge in [-0.05, 0) is 11.5 Å². The summed E-state index contributed by atoms with van der Waals surface area (Å²) >= 11 is 0. The fraction of sp³-hybridized carbons (Fsp3) is 1.00. The molecule has 0 atom stereocenters. The van der Waals surface area contributed by atoms with Gasteiger partial charge in [0.15, 0.2) is 5.12 Å². The molecule has 0 rings (SSSR count). The maximum Gasteiger partial charge on any atom is 0.194 e. The van der Waals surface area contributed by atoms with E-state index in [1.807, 2.05) is 13.8 Å². The van der Waals surface area contributed by atoms with Gasteiger partial charge in [0.25, 0.3) is 0 Å². The number of aliphatic hydroxyl groups is 2. The lowest BCUT2D eigenvalue weighted by molar-refractivity contribution is -0.0796. The van der Waals surface area contributed by atoms with Gasteiger partial charge in [-0.3, -0.25) is 0 Å². The normalized spacial score (nSPS) is 13.5. The van der Waals surface area contributed by atoms with Gasteiger partial charge < -0.3 is 10.2 Å². The second kappa shape index (κ2) is 4.21. The zero-order valence-electron chi connectivity index (χ0n) is 6.96. The van der Waals surface area contributed by atoms with Crippen LogP contribution in [-0.4, -0.2) is 26.8 Å². The highest BCUT2D eigenvalue weighted by Gasteiger charge is 2.25. The smallest absolute Gasteiger partial charge is 0.194 e. The van der Waals surface area contributed by atoms with E-state index in [0.717, 1.165) is 11.5 Å². The molecule has 0 aromatic heterocycles. The fourth-order valence-corrected chi connectivity index (χ4v) is 2.86. The van der Waals surface area contributed by atoms with Crippen molar-refractivity contribution < 1.29 is 10.2 Å². The molecule has 0 bridgehead atoms. The van der Waals surface area contributed by atoms with Gasteiger partial charge in [-0.15, -0.1) is 0 Å². The lowest BCUT2D eigenvalue weighted by atomic mass is 10.5. The van der Waals surface area contributed by atoms with E-state index in [0.29, 0.717) is 6.42 Å². The van der Waals surface area contributed by atoms with Crippen molar-refractivity contribution in [3.63, 3.8) is 0 Å². The van der Waals surface area contributed by atoms with Crippen LogP contribution in [0, 0.1) is 0 Å². The van der Waals surface area contributed by atoms with E-state index >= 15 is 0 Å². The summed E-state index contributed by atoms with van der Waals surface area (Å²) in [6, 6.07) is 0. The first-order valence-electron chi connectivity index (χ1n) is 3.78. The van der Waals surface area contributed by atoms with E-state index in [-0.39, 0.29) is 0 Å². The van der Waals surface area contributed by atoms with Crippen LogP contribution in [0.25, 0.3) is 0 Å². The first-order valence-corrected chi connectivity index (χ1v) is 5.49. The topological polar surface area (TPSA) is 40.5 Å². The van der Waals surface area contributed by atoms with Gasteiger partial charge in [0.1, 0.15) is 0 Å². The van der Waals surface area contributed by atoms with Gasteiger partial charge in [0.05, 0.1) is 0 Å². The van der Waals surface area contributed by atoms with Crippen LogP contribution in [0.1, 0.15) is 27.2 Å². The summed E-state index contributed by atoms with van der Waals surface area (Å²) < 4.78 is 0. The highest BCUT2D eigenvalue weighted by atomic mass is 32.2. The maximum absolute atomic E-state index is 9.37. The molecule has 0 amide bonds. The highest BCUT2D eigenvalue weighted by Crippen LogP contribution is 2.38. The van der Waals surface area contributed by atoms with Crippen LogP contribution in [0.5, 0.6) is 0 Å². The average Bonchev–Trinajstić information content (AvgIpc) is 1.90. The minimum absolute atomic E-state index is 0.445. The third kappa shape index (κ3) is 2.48. The van der Waals surface area contributed by atoms with E-state index in [2.05, 4.69) is 0 Å². The van der Waals surface area contributed by atoms with Gasteiger partial charge in [-0.2, -0.15) is 0 Å². The molecule has 0 aliphatic rings. The molecule has 0 aliphatic heterocycles. The molecule has 64 valence electrons. The van der Waals surface area contributed by atoms with Crippen molar-refractivity contribution >= 4 is 10.9 Å². The predicted octanol–water partition coefficient (Wildman–Crippen LogP) is 1.08. The Hall–Kier alpha value is 0.270. The highest BCUT2D eigenvalue weighted by molar-refractivity contribution is 8.17. The van der Waals surface area contributed by atoms with E-state index in [1.165, 1.54) is 0 Å². The van der Waals surface area contributed by atoms with Crippen LogP contribution in [0.15, 0.2) is 0 Å². The Morgan fingerprint density at radius 2 is 1.50 bits per heavy atom. The van der Waals surface area contributed by atoms with Crippen LogP contribution in [0.2, 0.25) is 0 Å². The second-order valence-electron chi connectivity index (χ2n) is 2.30. The third-order valence-electron chi connectivity index (χ3n) is 1.74. The molecule has 10 heavy (non-hydrogen) atoms. The molecule has 0 saturated heterocycles. The molecular formula is C7H18O2S. The zero-order valence-corrected chi connectivity index (χ0v) is 7.86. The summed E-state index contributed by atoms with van der Waals surface area (Å²) in [6.07, 6.45) is 0.445. The van der Waals surface area contributed by atoms with Crippen LogP contribution in [-0.2, 0) is 0 Å². The van der Waals surface area contributed by atoms with Crippen molar-refractivity contribution in [1.82, 2.24) is 0 Å². The summed E-state index contributed by atoms with van der Waals surface area (Å²) in [5.74, 6) is 1.79. The Morgan fingerprint density at radius 3 is 1.60 bits per heavy atom. The van der Waals surface area contributed by atoms with Gasteiger partial charge in [0.2, 0.25) is 0 Å². The lowest BCUT2D eigenvalue weighted by Crippen LogP contribution is -2.28. The molecule has 2 N–H and O–H groups in total. The van der Waals surface area contributed by atoms with Crippen molar-refractivity contribution in [2.24, 2.45) is 0 Å². The number of hydrogen-bond donors (Lipinski definition) is 3. The Balaban J connectivity index is 3.97. The van der Waals surface area contributed by atoms with Crippen LogP contribution in [0.3, 0.4) is 0 Å². The summed E-state index contributed by atoms with van der Waals surface area (Å²) in [5.41, 5.74) is 0. The summed E-state index contributed by atoms with van der Waals surface area (Å²) in [4.78, 5) is 0. The summed E-state index contributed by atoms with van der Waals surface area (Å²) in [7, 11) is -0.588. The Labute approximate surface area is 65.6 Å². The molecule has 0 spiro atoms. The lowest BCUT2D eigenvalue weighted by Gasteiger charge is -2.32. The second-order valence-corrected chi connectivity index (χ2v) is 5.36. The standard InChI is InChI=1S/C7H18O2S/c1-4-7(8,9)10(5-2)6-3/h8-10H,4-6H2,1-3H3. The van der Waals surface area contributed by atoms with Crippen molar-refractivity contribution in [2.75, 3.05) is 11.5 Å². The monoisotopic (exact) mass is 166 g/mol. The molecular weight excluding hydrogens is 148 g/mol. The minimum Gasteiger partial charge on any atom is -0.359 e. The third-order valence-corrected chi connectivity index (χ3v) is 4.60. The molecule has 0 aromatic rings. The van der Waals surface area contributed by atoms with Crippen molar-refractivity contribution in [3.8, 4) is 0 Å². The molecule has 0 fully saturated rings. The zero-order chi connectivity index (χ0) is 8.20. The molecule has 0 aliphatic carbocycles. The van der Waals surface area contributed by atoms with Gasteiger partial charge in [-0.25, -0.2) is 10.9 Å². The molecule has 0 unspecified atom stereocenters. The van der Waals surface area contributed by atoms with Crippen molar-refractivity contribution in [3.05, 3.63) is 0 Å².